The van der Waals surface area contributed by atoms with Crippen LogP contribution in [0, 0.1) is 13.5 Å². The van der Waals surface area contributed by atoms with E-state index in [1.165, 1.54) is 22.0 Å². The van der Waals surface area contributed by atoms with Crippen LogP contribution in [0.2, 0.25) is 0 Å². The van der Waals surface area contributed by atoms with Gasteiger partial charge in [-0.05, 0) is 23.9 Å². The number of rotatable bonds is 0. The molecule has 0 radical (unpaired) electrons. The average molecular weight is 220 g/mol. The first-order valence-corrected chi connectivity index (χ1v) is 5.58. The maximum atomic E-state index is 7.30. The summed E-state index contributed by atoms with van der Waals surface area (Å²) < 4.78 is 2.18. The summed E-state index contributed by atoms with van der Waals surface area (Å²) in [6, 6.07) is 12.2. The predicted molar refractivity (Wildman–Crippen MR) is 71.4 cm³/mol. The summed E-state index contributed by atoms with van der Waals surface area (Å²) in [4.78, 5) is 3.64. The van der Waals surface area contributed by atoms with Crippen LogP contribution in [0.3, 0.4) is 0 Å². The summed E-state index contributed by atoms with van der Waals surface area (Å²) in [6.07, 6.45) is 0. The Morgan fingerprint density at radius 2 is 1.88 bits per heavy atom. The van der Waals surface area contributed by atoms with Crippen molar-refractivity contribution in [3.63, 3.8) is 0 Å². The molecule has 1 heterocycles. The summed E-state index contributed by atoms with van der Waals surface area (Å²) in [7, 11) is 2.06. The fourth-order valence-corrected chi connectivity index (χ4v) is 2.57. The van der Waals surface area contributed by atoms with Crippen LogP contribution >= 0.6 is 0 Å². The molecule has 2 nitrogen and oxygen atoms in total. The van der Waals surface area contributed by atoms with Crippen LogP contribution in [-0.4, -0.2) is 4.57 Å². The normalized spacial score (nSPS) is 10.9. The second kappa shape index (κ2) is 3.36. The number of para-hydroxylation sites is 1. The molecule has 82 valence electrons. The average Bonchev–Trinajstić information content (AvgIpc) is 2.66. The smallest absolute Gasteiger partial charge is 0.197 e. The molecule has 0 spiro atoms. The fourth-order valence-electron chi connectivity index (χ4n) is 2.57. The molecule has 2 aromatic carbocycles. The summed E-state index contributed by atoms with van der Waals surface area (Å²) in [6.45, 7) is 9.39. The van der Waals surface area contributed by atoms with Gasteiger partial charge in [-0.2, -0.15) is 0 Å². The van der Waals surface area contributed by atoms with Crippen molar-refractivity contribution < 1.29 is 0 Å². The molecule has 17 heavy (non-hydrogen) atoms. The highest BCUT2D eigenvalue weighted by molar-refractivity contribution is 6.15. The highest BCUT2D eigenvalue weighted by Gasteiger charge is 2.12. The minimum absolute atomic E-state index is 0.738. The Bertz CT molecular complexity index is 773. The molecule has 0 amide bonds. The van der Waals surface area contributed by atoms with E-state index in [2.05, 4.69) is 35.5 Å². The van der Waals surface area contributed by atoms with E-state index in [1.807, 2.05) is 24.3 Å². The maximum absolute atomic E-state index is 7.30. The van der Waals surface area contributed by atoms with Gasteiger partial charge in [-0.3, -0.25) is 0 Å². The van der Waals surface area contributed by atoms with Crippen molar-refractivity contribution >= 4 is 27.5 Å². The van der Waals surface area contributed by atoms with E-state index >= 15 is 0 Å². The third kappa shape index (κ3) is 1.20. The second-order valence-corrected chi connectivity index (χ2v) is 4.31. The minimum Gasteiger partial charge on any atom is -0.344 e. The van der Waals surface area contributed by atoms with Gasteiger partial charge in [0.2, 0.25) is 0 Å². The third-order valence-electron chi connectivity index (χ3n) is 3.35. The predicted octanol–water partition coefficient (Wildman–Crippen LogP) is 4.19. The first-order chi connectivity index (χ1) is 8.24. The van der Waals surface area contributed by atoms with Gasteiger partial charge < -0.3 is 4.57 Å². The standard InChI is InChI=1S/C15H12N2/c1-10-8-9-12(16-2)14-11-6-4-5-7-13(11)17(3)15(10)14/h4-9H,1,3H3. The Kier molecular flexibility index (Phi) is 1.96. The highest BCUT2D eigenvalue weighted by atomic mass is 14.9. The second-order valence-electron chi connectivity index (χ2n) is 4.31. The van der Waals surface area contributed by atoms with Gasteiger partial charge in [-0.15, -0.1) is 0 Å². The van der Waals surface area contributed by atoms with E-state index in [0.717, 1.165) is 11.1 Å². The van der Waals surface area contributed by atoms with Crippen molar-refractivity contribution in [2.24, 2.45) is 7.05 Å². The van der Waals surface area contributed by atoms with Crippen molar-refractivity contribution in [3.8, 4) is 0 Å². The summed E-state index contributed by atoms with van der Waals surface area (Å²) in [5.74, 6) is 0. The largest absolute Gasteiger partial charge is 0.344 e. The van der Waals surface area contributed by atoms with Crippen molar-refractivity contribution in [2.45, 2.75) is 6.92 Å². The van der Waals surface area contributed by atoms with Crippen LogP contribution < -0.4 is 0 Å². The van der Waals surface area contributed by atoms with Crippen LogP contribution in [0.5, 0.6) is 0 Å². The lowest BCUT2D eigenvalue weighted by molar-refractivity contribution is 1.01. The van der Waals surface area contributed by atoms with E-state index in [4.69, 9.17) is 6.57 Å². The molecule has 0 unspecified atom stereocenters. The molecule has 1 aromatic heterocycles. The van der Waals surface area contributed by atoms with Gasteiger partial charge in [0.05, 0.1) is 6.57 Å². The lowest BCUT2D eigenvalue weighted by Gasteiger charge is -2.02. The Labute approximate surface area is 99.9 Å². The number of aryl methyl sites for hydroxylation is 2. The lowest BCUT2D eigenvalue weighted by Crippen LogP contribution is -1.88. The molecule has 0 saturated carbocycles. The number of benzene rings is 2. The van der Waals surface area contributed by atoms with E-state index in [-0.39, 0.29) is 0 Å². The number of nitrogens with zero attached hydrogens (tertiary/aromatic N) is 2. The quantitative estimate of drug-likeness (QED) is 0.502. The molecule has 0 aliphatic rings. The van der Waals surface area contributed by atoms with Gasteiger partial charge in [-0.1, -0.05) is 30.3 Å². The number of aromatic nitrogens is 1. The Balaban J connectivity index is 2.72. The fraction of sp³-hybridized carbons (Fsp3) is 0.133. The molecular formula is C15H12N2. The van der Waals surface area contributed by atoms with Gasteiger partial charge in [0, 0.05) is 23.5 Å². The molecule has 0 saturated heterocycles. The molecule has 3 rings (SSSR count). The third-order valence-corrected chi connectivity index (χ3v) is 3.35. The summed E-state index contributed by atoms with van der Waals surface area (Å²) in [5.41, 5.74) is 4.30. The number of hydrogen-bond acceptors (Lipinski definition) is 0. The first kappa shape index (κ1) is 9.92. The van der Waals surface area contributed by atoms with E-state index < -0.39 is 0 Å². The number of hydrogen-bond donors (Lipinski definition) is 0. The van der Waals surface area contributed by atoms with Gasteiger partial charge in [-0.25, -0.2) is 4.85 Å². The molecule has 0 atom stereocenters. The van der Waals surface area contributed by atoms with Crippen LogP contribution in [0.25, 0.3) is 26.7 Å². The van der Waals surface area contributed by atoms with E-state index in [1.54, 1.807) is 0 Å². The SMILES string of the molecule is [C-]#[N+]c1ccc(C)c2c1c1ccccc1n2C. The number of fused-ring (bicyclic) bond motifs is 3. The molecule has 2 heteroatoms. The molecule has 0 N–H and O–H groups in total. The molecule has 0 bridgehead atoms. The van der Waals surface area contributed by atoms with Gasteiger partial charge in [0.15, 0.2) is 5.69 Å². The monoisotopic (exact) mass is 220 g/mol. The van der Waals surface area contributed by atoms with Crippen molar-refractivity contribution in [3.05, 3.63) is 53.4 Å². The lowest BCUT2D eigenvalue weighted by atomic mass is 10.1. The van der Waals surface area contributed by atoms with Crippen molar-refractivity contribution in [1.82, 2.24) is 4.57 Å². The van der Waals surface area contributed by atoms with Crippen LogP contribution in [0.4, 0.5) is 5.69 Å². The van der Waals surface area contributed by atoms with E-state index in [9.17, 15) is 0 Å². The zero-order valence-electron chi connectivity index (χ0n) is 9.86. The zero-order valence-corrected chi connectivity index (χ0v) is 9.86. The van der Waals surface area contributed by atoms with Crippen LogP contribution in [-0.2, 0) is 7.05 Å². The van der Waals surface area contributed by atoms with Gasteiger partial charge in [0.25, 0.3) is 0 Å². The molecule has 0 aliphatic heterocycles. The van der Waals surface area contributed by atoms with E-state index in [0.29, 0.717) is 0 Å². The van der Waals surface area contributed by atoms with Crippen molar-refractivity contribution in [1.29, 1.82) is 0 Å². The van der Waals surface area contributed by atoms with Crippen molar-refractivity contribution in [2.75, 3.05) is 0 Å². The molecular weight excluding hydrogens is 208 g/mol. The Hall–Kier alpha value is -2.27. The zero-order chi connectivity index (χ0) is 12.0. The topological polar surface area (TPSA) is 9.29 Å². The molecule has 3 aromatic rings. The Morgan fingerprint density at radius 3 is 2.65 bits per heavy atom. The first-order valence-electron chi connectivity index (χ1n) is 5.58. The Morgan fingerprint density at radius 1 is 1.12 bits per heavy atom. The van der Waals surface area contributed by atoms with Gasteiger partial charge >= 0.3 is 0 Å². The summed E-state index contributed by atoms with van der Waals surface area (Å²) in [5, 5.41) is 2.25. The maximum Gasteiger partial charge on any atom is 0.197 e. The summed E-state index contributed by atoms with van der Waals surface area (Å²) >= 11 is 0. The highest BCUT2D eigenvalue weighted by Crippen LogP contribution is 2.36. The van der Waals surface area contributed by atoms with Crippen LogP contribution in [0.1, 0.15) is 5.56 Å². The minimum atomic E-state index is 0.738. The van der Waals surface area contributed by atoms with Crippen LogP contribution in [0.15, 0.2) is 36.4 Å². The molecule has 0 fully saturated rings. The molecule has 0 aliphatic carbocycles. The van der Waals surface area contributed by atoms with Gasteiger partial charge in [0.1, 0.15) is 0 Å².